The normalized spacial score (nSPS) is 11.2. The number of rotatable bonds is 5. The van der Waals surface area contributed by atoms with Gasteiger partial charge in [-0.3, -0.25) is 0 Å². The minimum Gasteiger partial charge on any atom is -0.489 e. The highest BCUT2D eigenvalue weighted by Crippen LogP contribution is 2.21. The third-order valence-corrected chi connectivity index (χ3v) is 2.77. The number of para-hydroxylation sites is 1. The second-order valence-corrected chi connectivity index (χ2v) is 3.82. The second kappa shape index (κ2) is 6.46. The summed E-state index contributed by atoms with van der Waals surface area (Å²) >= 11 is 3.42. The van der Waals surface area contributed by atoms with Crippen LogP contribution in [0.15, 0.2) is 42.5 Å². The first-order valence-corrected chi connectivity index (χ1v) is 5.96. The monoisotopic (exact) mass is 266 g/mol. The van der Waals surface area contributed by atoms with Gasteiger partial charge in [-0.25, -0.2) is 0 Å². The molecule has 0 bridgehead atoms. The third-order valence-electron chi connectivity index (χ3n) is 1.89. The number of halogens is 1. The topological polar surface area (TPSA) is 9.23 Å². The van der Waals surface area contributed by atoms with Crippen LogP contribution >= 0.6 is 15.9 Å². The van der Waals surface area contributed by atoms with Gasteiger partial charge in [-0.1, -0.05) is 58.4 Å². The maximum Gasteiger partial charge on any atom is 0.126 e. The van der Waals surface area contributed by atoms with Gasteiger partial charge in [0.25, 0.3) is 0 Å². The summed E-state index contributed by atoms with van der Waals surface area (Å²) in [5.74, 6) is 0.901. The van der Waals surface area contributed by atoms with Gasteiger partial charge in [0.05, 0.1) is 0 Å². The van der Waals surface area contributed by atoms with Crippen LogP contribution in [0.3, 0.4) is 0 Å². The first-order valence-electron chi connectivity index (χ1n) is 4.83. The lowest BCUT2D eigenvalue weighted by Gasteiger charge is -2.07. The van der Waals surface area contributed by atoms with Crippen molar-refractivity contribution in [2.75, 3.05) is 11.9 Å². The van der Waals surface area contributed by atoms with E-state index in [1.54, 1.807) is 6.08 Å². The summed E-state index contributed by atoms with van der Waals surface area (Å²) in [5, 5.41) is 0.878. The highest BCUT2D eigenvalue weighted by atomic mass is 79.9. The lowest BCUT2D eigenvalue weighted by Crippen LogP contribution is -1.94. The quantitative estimate of drug-likeness (QED) is 0.577. The number of allylic oxidation sites excluding steroid dienone is 1. The van der Waals surface area contributed by atoms with E-state index in [1.165, 1.54) is 5.57 Å². The molecule has 0 heterocycles. The van der Waals surface area contributed by atoms with Gasteiger partial charge in [0, 0.05) is 10.9 Å². The molecule has 0 fully saturated rings. The SMILES string of the molecule is C=CCOc1ccccc1C=C(C)CBr. The van der Waals surface area contributed by atoms with Crippen molar-refractivity contribution in [3.05, 3.63) is 48.1 Å². The lowest BCUT2D eigenvalue weighted by atomic mass is 10.1. The van der Waals surface area contributed by atoms with E-state index in [0.29, 0.717) is 6.61 Å². The minimum atomic E-state index is 0.540. The Morgan fingerprint density at radius 3 is 2.87 bits per heavy atom. The summed E-state index contributed by atoms with van der Waals surface area (Å²) in [5.41, 5.74) is 2.38. The molecule has 0 aromatic heterocycles. The molecular weight excluding hydrogens is 252 g/mol. The zero-order valence-corrected chi connectivity index (χ0v) is 10.5. The van der Waals surface area contributed by atoms with Crippen LogP contribution in [-0.4, -0.2) is 11.9 Å². The highest BCUT2D eigenvalue weighted by Gasteiger charge is 1.99. The zero-order chi connectivity index (χ0) is 11.1. The van der Waals surface area contributed by atoms with Gasteiger partial charge < -0.3 is 4.74 Å². The van der Waals surface area contributed by atoms with Crippen molar-refractivity contribution >= 4 is 22.0 Å². The lowest BCUT2D eigenvalue weighted by molar-refractivity contribution is 0.362. The smallest absolute Gasteiger partial charge is 0.126 e. The maximum absolute atomic E-state index is 5.55. The molecule has 0 aliphatic heterocycles. The van der Waals surface area contributed by atoms with Gasteiger partial charge in [0.2, 0.25) is 0 Å². The fraction of sp³-hybridized carbons (Fsp3) is 0.231. The summed E-state index contributed by atoms with van der Waals surface area (Å²) in [6, 6.07) is 7.99. The molecule has 1 aromatic carbocycles. The number of benzene rings is 1. The van der Waals surface area contributed by atoms with Crippen LogP contribution in [0.1, 0.15) is 12.5 Å². The van der Waals surface area contributed by atoms with E-state index >= 15 is 0 Å². The molecule has 1 rings (SSSR count). The first-order chi connectivity index (χ1) is 7.27. The molecular formula is C13H15BrO. The van der Waals surface area contributed by atoms with Crippen molar-refractivity contribution in [1.82, 2.24) is 0 Å². The van der Waals surface area contributed by atoms with Gasteiger partial charge in [-0.05, 0) is 13.0 Å². The highest BCUT2D eigenvalue weighted by molar-refractivity contribution is 9.09. The maximum atomic E-state index is 5.55. The third kappa shape index (κ3) is 3.92. The van der Waals surface area contributed by atoms with Crippen LogP contribution in [0.2, 0.25) is 0 Å². The summed E-state index contributed by atoms with van der Waals surface area (Å²) < 4.78 is 5.55. The Bertz CT molecular complexity index is 355. The Labute approximate surface area is 99.6 Å². The minimum absolute atomic E-state index is 0.540. The fourth-order valence-electron chi connectivity index (χ4n) is 1.18. The predicted octanol–water partition coefficient (Wildman–Crippen LogP) is 4.05. The Morgan fingerprint density at radius 1 is 1.47 bits per heavy atom. The Kier molecular flexibility index (Phi) is 5.19. The fourth-order valence-corrected chi connectivity index (χ4v) is 1.35. The molecule has 0 radical (unpaired) electrons. The molecule has 0 saturated heterocycles. The van der Waals surface area contributed by atoms with Gasteiger partial charge in [-0.2, -0.15) is 0 Å². The van der Waals surface area contributed by atoms with E-state index < -0.39 is 0 Å². The Hall–Kier alpha value is -1.02. The van der Waals surface area contributed by atoms with Crippen molar-refractivity contribution in [3.63, 3.8) is 0 Å². The summed E-state index contributed by atoms with van der Waals surface area (Å²) in [6.07, 6.45) is 3.87. The van der Waals surface area contributed by atoms with Crippen LogP contribution in [0.5, 0.6) is 5.75 Å². The van der Waals surface area contributed by atoms with E-state index in [-0.39, 0.29) is 0 Å². The van der Waals surface area contributed by atoms with E-state index in [9.17, 15) is 0 Å². The molecule has 0 aliphatic rings. The van der Waals surface area contributed by atoms with Gasteiger partial charge in [-0.15, -0.1) is 0 Å². The van der Waals surface area contributed by atoms with E-state index in [2.05, 4.69) is 35.5 Å². The van der Waals surface area contributed by atoms with Crippen LogP contribution < -0.4 is 4.74 Å². The zero-order valence-electron chi connectivity index (χ0n) is 8.87. The van der Waals surface area contributed by atoms with Crippen molar-refractivity contribution in [2.24, 2.45) is 0 Å². The van der Waals surface area contributed by atoms with Crippen LogP contribution in [0.25, 0.3) is 6.08 Å². The number of hydrogen-bond acceptors (Lipinski definition) is 1. The molecule has 0 spiro atoms. The summed E-state index contributed by atoms with van der Waals surface area (Å²) in [4.78, 5) is 0. The molecule has 0 aliphatic carbocycles. The van der Waals surface area contributed by atoms with Crippen LogP contribution in [-0.2, 0) is 0 Å². The number of ether oxygens (including phenoxy) is 1. The Balaban J connectivity index is 2.90. The number of alkyl halides is 1. The van der Waals surface area contributed by atoms with Crippen LogP contribution in [0, 0.1) is 0 Å². The molecule has 0 amide bonds. The van der Waals surface area contributed by atoms with Gasteiger partial charge >= 0.3 is 0 Å². The van der Waals surface area contributed by atoms with Gasteiger partial charge in [0.15, 0.2) is 0 Å². The largest absolute Gasteiger partial charge is 0.489 e. The predicted molar refractivity (Wildman–Crippen MR) is 69.6 cm³/mol. The molecule has 2 heteroatoms. The van der Waals surface area contributed by atoms with Crippen LogP contribution in [0.4, 0.5) is 0 Å². The summed E-state index contributed by atoms with van der Waals surface area (Å²) in [7, 11) is 0. The first kappa shape index (κ1) is 12.1. The number of hydrogen-bond donors (Lipinski definition) is 0. The molecule has 80 valence electrons. The second-order valence-electron chi connectivity index (χ2n) is 3.26. The van der Waals surface area contributed by atoms with E-state index in [4.69, 9.17) is 4.74 Å². The van der Waals surface area contributed by atoms with Crippen molar-refractivity contribution in [1.29, 1.82) is 0 Å². The Morgan fingerprint density at radius 2 is 2.20 bits per heavy atom. The molecule has 0 unspecified atom stereocenters. The van der Waals surface area contributed by atoms with Crippen molar-refractivity contribution < 1.29 is 4.74 Å². The van der Waals surface area contributed by atoms with Crippen molar-refractivity contribution in [2.45, 2.75) is 6.92 Å². The molecule has 1 nitrogen and oxygen atoms in total. The summed E-state index contributed by atoms with van der Waals surface area (Å²) in [6.45, 7) is 6.26. The molecule has 0 N–H and O–H groups in total. The standard InChI is InChI=1S/C13H15BrO/c1-3-8-15-13-7-5-4-6-12(13)9-11(2)10-14/h3-7,9H,1,8,10H2,2H3. The van der Waals surface area contributed by atoms with E-state index in [0.717, 1.165) is 16.6 Å². The van der Waals surface area contributed by atoms with Gasteiger partial charge in [0.1, 0.15) is 12.4 Å². The molecule has 1 aromatic rings. The van der Waals surface area contributed by atoms with E-state index in [1.807, 2.05) is 24.3 Å². The molecule has 0 atom stereocenters. The molecule has 0 saturated carbocycles. The molecule has 15 heavy (non-hydrogen) atoms. The van der Waals surface area contributed by atoms with Crippen molar-refractivity contribution in [3.8, 4) is 5.75 Å². The average Bonchev–Trinajstić information content (AvgIpc) is 2.28. The average molecular weight is 267 g/mol.